The second kappa shape index (κ2) is 12.1. The lowest BCUT2D eigenvalue weighted by Gasteiger charge is -2.11. The Bertz CT molecular complexity index is 692. The highest BCUT2D eigenvalue weighted by Gasteiger charge is 2.09. The van der Waals surface area contributed by atoms with Gasteiger partial charge in [-0.2, -0.15) is 0 Å². The SMILES string of the molecule is CCCCCCOc1ccc(OC(=O)c2ccc(OC[C@@H](C)CC)cc2)cc1. The van der Waals surface area contributed by atoms with Crippen LogP contribution in [0.5, 0.6) is 17.2 Å². The molecule has 2 aromatic rings. The van der Waals surface area contributed by atoms with Gasteiger partial charge in [-0.25, -0.2) is 4.79 Å². The number of benzene rings is 2. The molecule has 0 N–H and O–H groups in total. The lowest BCUT2D eigenvalue weighted by atomic mass is 10.1. The number of rotatable bonds is 12. The highest BCUT2D eigenvalue weighted by molar-refractivity contribution is 5.91. The molecule has 0 aliphatic heterocycles. The van der Waals surface area contributed by atoms with Crippen molar-refractivity contribution in [2.45, 2.75) is 52.9 Å². The van der Waals surface area contributed by atoms with Crippen LogP contribution in [0.1, 0.15) is 63.2 Å². The van der Waals surface area contributed by atoms with Crippen molar-refractivity contribution in [1.82, 2.24) is 0 Å². The van der Waals surface area contributed by atoms with Crippen molar-refractivity contribution in [2.75, 3.05) is 13.2 Å². The lowest BCUT2D eigenvalue weighted by Crippen LogP contribution is -2.09. The van der Waals surface area contributed by atoms with E-state index in [2.05, 4.69) is 20.8 Å². The van der Waals surface area contributed by atoms with Crippen molar-refractivity contribution in [3.05, 3.63) is 54.1 Å². The lowest BCUT2D eigenvalue weighted by molar-refractivity contribution is 0.0734. The second-order valence-electron chi connectivity index (χ2n) is 7.12. The zero-order chi connectivity index (χ0) is 20.2. The predicted molar refractivity (Wildman–Crippen MR) is 112 cm³/mol. The Labute approximate surface area is 168 Å². The number of carbonyl (C=O) groups is 1. The average molecular weight is 385 g/mol. The molecule has 152 valence electrons. The van der Waals surface area contributed by atoms with E-state index >= 15 is 0 Å². The molecule has 0 fully saturated rings. The zero-order valence-corrected chi connectivity index (χ0v) is 17.3. The van der Waals surface area contributed by atoms with Crippen LogP contribution in [0.3, 0.4) is 0 Å². The van der Waals surface area contributed by atoms with Crippen LogP contribution in [0.15, 0.2) is 48.5 Å². The van der Waals surface area contributed by atoms with Gasteiger partial charge in [0.25, 0.3) is 0 Å². The first-order chi connectivity index (χ1) is 13.6. The predicted octanol–water partition coefficient (Wildman–Crippen LogP) is 6.29. The van der Waals surface area contributed by atoms with E-state index in [1.54, 1.807) is 36.4 Å². The van der Waals surface area contributed by atoms with Crippen molar-refractivity contribution in [3.63, 3.8) is 0 Å². The molecular formula is C24H32O4. The topological polar surface area (TPSA) is 44.8 Å². The van der Waals surface area contributed by atoms with E-state index in [1.165, 1.54) is 19.3 Å². The van der Waals surface area contributed by atoms with Crippen LogP contribution in [-0.4, -0.2) is 19.2 Å². The largest absolute Gasteiger partial charge is 0.494 e. The Balaban J connectivity index is 1.80. The zero-order valence-electron chi connectivity index (χ0n) is 17.3. The number of esters is 1. The van der Waals surface area contributed by atoms with Crippen LogP contribution in [0.4, 0.5) is 0 Å². The van der Waals surface area contributed by atoms with Crippen LogP contribution >= 0.6 is 0 Å². The van der Waals surface area contributed by atoms with Crippen molar-refractivity contribution < 1.29 is 19.0 Å². The van der Waals surface area contributed by atoms with Gasteiger partial charge in [0, 0.05) is 0 Å². The second-order valence-corrected chi connectivity index (χ2v) is 7.12. The molecule has 0 bridgehead atoms. The van der Waals surface area contributed by atoms with Crippen LogP contribution < -0.4 is 14.2 Å². The van der Waals surface area contributed by atoms with Gasteiger partial charge in [-0.1, -0.05) is 46.5 Å². The molecule has 0 radical (unpaired) electrons. The maximum Gasteiger partial charge on any atom is 0.343 e. The van der Waals surface area contributed by atoms with Gasteiger partial charge in [-0.15, -0.1) is 0 Å². The summed E-state index contributed by atoms with van der Waals surface area (Å²) in [5.41, 5.74) is 0.493. The van der Waals surface area contributed by atoms with Gasteiger partial charge in [0.2, 0.25) is 0 Å². The first-order valence-corrected chi connectivity index (χ1v) is 10.3. The molecule has 0 aliphatic carbocycles. The summed E-state index contributed by atoms with van der Waals surface area (Å²) in [6.07, 6.45) is 5.78. The molecular weight excluding hydrogens is 352 g/mol. The van der Waals surface area contributed by atoms with Gasteiger partial charge in [0.05, 0.1) is 18.8 Å². The molecule has 2 aromatic carbocycles. The van der Waals surface area contributed by atoms with Gasteiger partial charge in [-0.3, -0.25) is 0 Å². The summed E-state index contributed by atoms with van der Waals surface area (Å²) in [6, 6.07) is 14.2. The van der Waals surface area contributed by atoms with E-state index in [-0.39, 0.29) is 5.97 Å². The summed E-state index contributed by atoms with van der Waals surface area (Å²) in [6.45, 7) is 7.86. The summed E-state index contributed by atoms with van der Waals surface area (Å²) in [5.74, 6) is 2.17. The minimum atomic E-state index is -0.387. The van der Waals surface area contributed by atoms with Gasteiger partial charge in [-0.05, 0) is 60.9 Å². The van der Waals surface area contributed by atoms with Crippen LogP contribution in [0.25, 0.3) is 0 Å². The summed E-state index contributed by atoms with van der Waals surface area (Å²) >= 11 is 0. The van der Waals surface area contributed by atoms with Crippen molar-refractivity contribution in [2.24, 2.45) is 5.92 Å². The molecule has 0 aromatic heterocycles. The molecule has 0 saturated carbocycles. The Morgan fingerprint density at radius 3 is 2.07 bits per heavy atom. The standard InChI is InChI=1S/C24H32O4/c1-4-6-7-8-17-26-21-13-15-23(16-14-21)28-24(25)20-9-11-22(12-10-20)27-18-19(3)5-2/h9-16,19H,4-8,17-18H2,1-3H3/t19-/m0/s1. The van der Waals surface area contributed by atoms with E-state index in [0.717, 1.165) is 24.3 Å². The molecule has 0 saturated heterocycles. The third-order valence-corrected chi connectivity index (χ3v) is 4.62. The fourth-order valence-electron chi connectivity index (χ4n) is 2.53. The fourth-order valence-corrected chi connectivity index (χ4v) is 2.53. The molecule has 0 heterocycles. The van der Waals surface area contributed by atoms with Crippen LogP contribution in [0, 0.1) is 5.92 Å². The Kier molecular flexibility index (Phi) is 9.40. The monoisotopic (exact) mass is 384 g/mol. The van der Waals surface area contributed by atoms with Gasteiger partial charge in [0.1, 0.15) is 17.2 Å². The molecule has 0 amide bonds. The molecule has 0 unspecified atom stereocenters. The Hall–Kier alpha value is -2.49. The smallest absolute Gasteiger partial charge is 0.343 e. The van der Waals surface area contributed by atoms with E-state index in [1.807, 2.05) is 12.1 Å². The number of unbranched alkanes of at least 4 members (excludes halogenated alkanes) is 3. The molecule has 4 nitrogen and oxygen atoms in total. The Morgan fingerprint density at radius 2 is 1.43 bits per heavy atom. The number of hydrogen-bond acceptors (Lipinski definition) is 4. The third-order valence-electron chi connectivity index (χ3n) is 4.62. The van der Waals surface area contributed by atoms with E-state index < -0.39 is 0 Å². The quantitative estimate of drug-likeness (QED) is 0.245. The molecule has 1 atom stereocenters. The van der Waals surface area contributed by atoms with Gasteiger partial charge in [0.15, 0.2) is 0 Å². The summed E-state index contributed by atoms with van der Waals surface area (Å²) in [5, 5.41) is 0. The maximum absolute atomic E-state index is 12.3. The number of ether oxygens (including phenoxy) is 3. The molecule has 2 rings (SSSR count). The van der Waals surface area contributed by atoms with Crippen molar-refractivity contribution in [1.29, 1.82) is 0 Å². The van der Waals surface area contributed by atoms with E-state index in [0.29, 0.717) is 30.4 Å². The summed E-state index contributed by atoms with van der Waals surface area (Å²) in [4.78, 5) is 12.3. The molecule has 28 heavy (non-hydrogen) atoms. The first kappa shape index (κ1) is 21.8. The number of carbonyl (C=O) groups excluding carboxylic acids is 1. The highest BCUT2D eigenvalue weighted by Crippen LogP contribution is 2.20. The summed E-state index contributed by atoms with van der Waals surface area (Å²) in [7, 11) is 0. The van der Waals surface area contributed by atoms with E-state index in [4.69, 9.17) is 14.2 Å². The average Bonchev–Trinajstić information content (AvgIpc) is 2.73. The van der Waals surface area contributed by atoms with Gasteiger partial charge < -0.3 is 14.2 Å². The first-order valence-electron chi connectivity index (χ1n) is 10.3. The molecule has 4 heteroatoms. The fraction of sp³-hybridized carbons (Fsp3) is 0.458. The van der Waals surface area contributed by atoms with Crippen molar-refractivity contribution >= 4 is 5.97 Å². The highest BCUT2D eigenvalue weighted by atomic mass is 16.5. The summed E-state index contributed by atoms with van der Waals surface area (Å²) < 4.78 is 16.8. The van der Waals surface area contributed by atoms with Crippen LogP contribution in [-0.2, 0) is 0 Å². The minimum absolute atomic E-state index is 0.387. The number of hydrogen-bond donors (Lipinski definition) is 0. The normalized spacial score (nSPS) is 11.7. The van der Waals surface area contributed by atoms with Crippen molar-refractivity contribution in [3.8, 4) is 17.2 Å². The third kappa shape index (κ3) is 7.63. The van der Waals surface area contributed by atoms with Crippen LogP contribution in [0.2, 0.25) is 0 Å². The van der Waals surface area contributed by atoms with E-state index in [9.17, 15) is 4.79 Å². The minimum Gasteiger partial charge on any atom is -0.494 e. The maximum atomic E-state index is 12.3. The molecule has 0 spiro atoms. The molecule has 0 aliphatic rings. The Morgan fingerprint density at radius 1 is 0.821 bits per heavy atom. The van der Waals surface area contributed by atoms with Gasteiger partial charge >= 0.3 is 5.97 Å².